The molecule has 7 rings (SSSR count). The SMILES string of the molecule is O=P(Oc1ccccc1)(Oc1ccccc1)C1=C(c2ccccc2)C(P(=O)(Oc2ccccc2)Oc2ccccc2)=C1c1ccccc1. The maximum atomic E-state index is 15.6. The van der Waals surface area contributed by atoms with Gasteiger partial charge in [0.1, 0.15) is 33.6 Å². The lowest BCUT2D eigenvalue weighted by atomic mass is 9.88. The van der Waals surface area contributed by atoms with Crippen LogP contribution in [0.2, 0.25) is 0 Å². The van der Waals surface area contributed by atoms with Crippen LogP contribution in [0.4, 0.5) is 0 Å². The van der Waals surface area contributed by atoms with Crippen molar-refractivity contribution in [1.82, 2.24) is 0 Å². The zero-order valence-electron chi connectivity index (χ0n) is 25.7. The third-order valence-electron chi connectivity index (χ3n) is 7.50. The summed E-state index contributed by atoms with van der Waals surface area (Å²) in [6.45, 7) is 0. The van der Waals surface area contributed by atoms with E-state index in [4.69, 9.17) is 18.1 Å². The maximum Gasteiger partial charge on any atom is 0.464 e. The van der Waals surface area contributed by atoms with E-state index in [1.807, 2.05) is 84.9 Å². The maximum absolute atomic E-state index is 15.6. The smallest absolute Gasteiger partial charge is 0.413 e. The molecule has 1 aliphatic carbocycles. The minimum Gasteiger partial charge on any atom is -0.413 e. The Morgan fingerprint density at radius 2 is 0.500 bits per heavy atom. The second-order valence-corrected chi connectivity index (χ2v) is 14.4. The molecule has 8 heteroatoms. The van der Waals surface area contributed by atoms with Crippen LogP contribution in [0.25, 0.3) is 11.1 Å². The van der Waals surface area contributed by atoms with Gasteiger partial charge in [-0.25, -0.2) is 9.13 Å². The molecule has 0 heterocycles. The van der Waals surface area contributed by atoms with Crippen molar-refractivity contribution in [2.24, 2.45) is 0 Å². The van der Waals surface area contributed by atoms with Gasteiger partial charge in [-0.2, -0.15) is 0 Å². The molecule has 0 spiro atoms. The Hall–Kier alpha value is -5.54. The lowest BCUT2D eigenvalue weighted by Crippen LogP contribution is -2.20. The van der Waals surface area contributed by atoms with Crippen molar-refractivity contribution in [3.63, 3.8) is 0 Å². The van der Waals surface area contributed by atoms with E-state index in [9.17, 15) is 0 Å². The van der Waals surface area contributed by atoms with Crippen LogP contribution >= 0.6 is 15.2 Å². The molecule has 48 heavy (non-hydrogen) atoms. The number of rotatable bonds is 12. The Labute approximate surface area is 279 Å². The van der Waals surface area contributed by atoms with Crippen LogP contribution in [0.5, 0.6) is 23.0 Å². The van der Waals surface area contributed by atoms with Gasteiger partial charge in [-0.3, -0.25) is 0 Å². The lowest BCUT2D eigenvalue weighted by molar-refractivity contribution is 0.394. The standard InChI is InChI=1S/C40H30O6P2/c41-47(43-33-23-11-3-12-24-33,44-34-25-13-4-14-26-34)39-37(31-19-7-1-8-20-31)40(38(39)32-21-9-2-10-22-32)48(42,45-35-27-15-5-16-28-35)46-36-29-17-6-18-30-36/h1-30H. The highest BCUT2D eigenvalue weighted by Crippen LogP contribution is 2.75. The average Bonchev–Trinajstić information content (AvgIpc) is 3.10. The Morgan fingerprint density at radius 1 is 0.292 bits per heavy atom. The topological polar surface area (TPSA) is 71.1 Å². The first kappa shape index (κ1) is 31.1. The fourth-order valence-electron chi connectivity index (χ4n) is 5.42. The summed E-state index contributed by atoms with van der Waals surface area (Å²) in [6.07, 6.45) is 0. The molecule has 0 aliphatic heterocycles. The summed E-state index contributed by atoms with van der Waals surface area (Å²) in [7, 11) is -8.59. The fraction of sp³-hybridized carbons (Fsp3) is 0. The first-order chi connectivity index (χ1) is 23.5. The number of benzene rings is 6. The largest absolute Gasteiger partial charge is 0.464 e. The molecule has 6 nitrogen and oxygen atoms in total. The van der Waals surface area contributed by atoms with Gasteiger partial charge in [0.05, 0.1) is 0 Å². The third kappa shape index (κ3) is 6.50. The normalized spacial score (nSPS) is 13.0. The van der Waals surface area contributed by atoms with Crippen molar-refractivity contribution in [3.05, 3.63) is 204 Å². The average molecular weight is 669 g/mol. The van der Waals surface area contributed by atoms with Crippen LogP contribution in [0, 0.1) is 0 Å². The molecule has 0 unspecified atom stereocenters. The number of para-hydroxylation sites is 4. The molecular formula is C40H30O6P2. The van der Waals surface area contributed by atoms with Crippen LogP contribution in [0.3, 0.4) is 0 Å². The molecule has 0 radical (unpaired) electrons. The Morgan fingerprint density at radius 3 is 0.729 bits per heavy atom. The third-order valence-corrected chi connectivity index (χ3v) is 11.3. The van der Waals surface area contributed by atoms with Gasteiger partial charge in [-0.05, 0) is 59.7 Å². The predicted octanol–water partition coefficient (Wildman–Crippen LogP) is 11.5. The molecule has 0 bridgehead atoms. The summed E-state index contributed by atoms with van der Waals surface area (Å²) in [4.78, 5) is 0. The van der Waals surface area contributed by atoms with Crippen molar-refractivity contribution < 1.29 is 27.2 Å². The van der Waals surface area contributed by atoms with E-state index in [0.29, 0.717) is 45.3 Å². The van der Waals surface area contributed by atoms with Crippen molar-refractivity contribution >= 4 is 26.3 Å². The van der Waals surface area contributed by atoms with Crippen LogP contribution in [0.15, 0.2) is 193 Å². The van der Waals surface area contributed by atoms with E-state index in [1.165, 1.54) is 0 Å². The Balaban J connectivity index is 1.51. The molecule has 0 amide bonds. The van der Waals surface area contributed by atoms with Gasteiger partial charge in [0, 0.05) is 11.1 Å². The van der Waals surface area contributed by atoms with E-state index in [1.54, 1.807) is 97.1 Å². The zero-order chi connectivity index (χ0) is 32.8. The molecule has 0 saturated heterocycles. The molecule has 0 atom stereocenters. The van der Waals surface area contributed by atoms with Gasteiger partial charge in [-0.15, -0.1) is 0 Å². The highest BCUT2D eigenvalue weighted by atomic mass is 31.2. The van der Waals surface area contributed by atoms with Crippen LogP contribution in [-0.4, -0.2) is 0 Å². The van der Waals surface area contributed by atoms with Crippen LogP contribution in [0.1, 0.15) is 11.1 Å². The molecule has 0 aromatic heterocycles. The van der Waals surface area contributed by atoms with Gasteiger partial charge in [0.2, 0.25) is 0 Å². The van der Waals surface area contributed by atoms with Crippen LogP contribution in [-0.2, 0) is 9.13 Å². The van der Waals surface area contributed by atoms with Crippen molar-refractivity contribution in [1.29, 1.82) is 0 Å². The molecule has 236 valence electrons. The number of hydrogen-bond acceptors (Lipinski definition) is 6. The van der Waals surface area contributed by atoms with Crippen molar-refractivity contribution in [2.75, 3.05) is 0 Å². The summed E-state index contributed by atoms with van der Waals surface area (Å²) >= 11 is 0. The van der Waals surface area contributed by atoms with E-state index in [0.717, 1.165) is 0 Å². The van der Waals surface area contributed by atoms with E-state index >= 15 is 9.13 Å². The number of hydrogen-bond donors (Lipinski definition) is 0. The summed E-state index contributed by atoms with van der Waals surface area (Å²) in [5, 5.41) is 0.521. The summed E-state index contributed by atoms with van der Waals surface area (Å²) < 4.78 is 56.7. The van der Waals surface area contributed by atoms with Crippen molar-refractivity contribution in [3.8, 4) is 23.0 Å². The summed E-state index contributed by atoms with van der Waals surface area (Å²) in [5.74, 6) is 1.40. The monoisotopic (exact) mass is 668 g/mol. The lowest BCUT2D eigenvalue weighted by Gasteiger charge is -2.37. The van der Waals surface area contributed by atoms with Gasteiger partial charge < -0.3 is 18.1 Å². The van der Waals surface area contributed by atoms with Gasteiger partial charge >= 0.3 is 15.2 Å². The minimum absolute atomic E-state index is 0.260. The van der Waals surface area contributed by atoms with E-state index in [-0.39, 0.29) is 10.6 Å². The second-order valence-electron chi connectivity index (χ2n) is 10.8. The zero-order valence-corrected chi connectivity index (χ0v) is 27.5. The minimum atomic E-state index is -4.29. The van der Waals surface area contributed by atoms with E-state index < -0.39 is 15.2 Å². The Bertz CT molecular complexity index is 1890. The van der Waals surface area contributed by atoms with Crippen LogP contribution < -0.4 is 18.1 Å². The predicted molar refractivity (Wildman–Crippen MR) is 190 cm³/mol. The molecule has 0 N–H and O–H groups in total. The summed E-state index contributed by atoms with van der Waals surface area (Å²) in [5.41, 5.74) is 2.09. The highest BCUT2D eigenvalue weighted by Gasteiger charge is 2.54. The molecular weight excluding hydrogens is 638 g/mol. The first-order valence-corrected chi connectivity index (χ1v) is 18.4. The molecule has 1 aliphatic rings. The Kier molecular flexibility index (Phi) is 8.85. The molecule has 6 aromatic rings. The van der Waals surface area contributed by atoms with Gasteiger partial charge in [0.15, 0.2) is 0 Å². The fourth-order valence-corrected chi connectivity index (χ4v) is 9.69. The van der Waals surface area contributed by atoms with Gasteiger partial charge in [-0.1, -0.05) is 133 Å². The van der Waals surface area contributed by atoms with E-state index in [2.05, 4.69) is 0 Å². The molecule has 6 aromatic carbocycles. The summed E-state index contributed by atoms with van der Waals surface area (Å²) in [6, 6.07) is 54.2. The van der Waals surface area contributed by atoms with Gasteiger partial charge in [0.25, 0.3) is 0 Å². The van der Waals surface area contributed by atoms with Crippen molar-refractivity contribution in [2.45, 2.75) is 0 Å². The molecule has 0 fully saturated rings. The highest BCUT2D eigenvalue weighted by molar-refractivity contribution is 7.64. The number of allylic oxidation sites excluding steroid dienone is 4. The molecule has 0 saturated carbocycles. The second kappa shape index (κ2) is 13.7. The quantitative estimate of drug-likeness (QED) is 0.121. The first-order valence-electron chi connectivity index (χ1n) is 15.3.